The van der Waals surface area contributed by atoms with Gasteiger partial charge >= 0.3 is 11.7 Å². The number of carboxylic acid groups (broad SMARTS) is 1. The summed E-state index contributed by atoms with van der Waals surface area (Å²) in [6, 6.07) is 5.22. The summed E-state index contributed by atoms with van der Waals surface area (Å²) >= 11 is 0. The molecule has 0 amide bonds. The molecule has 1 saturated carbocycles. The minimum atomic E-state index is -1.01. The number of carbonyl (C=O) groups is 1. The Bertz CT molecular complexity index is 729. The number of nitrogens with zero attached hydrogens (tertiary/aromatic N) is 1. The molecule has 1 aromatic carbocycles. The lowest BCUT2D eigenvalue weighted by Crippen LogP contribution is -2.26. The van der Waals surface area contributed by atoms with Crippen LogP contribution in [0.15, 0.2) is 23.0 Å². The maximum atomic E-state index is 12.4. The first kappa shape index (κ1) is 13.9. The number of carboxylic acids is 1. The van der Waals surface area contributed by atoms with E-state index in [4.69, 9.17) is 0 Å². The molecule has 1 aliphatic carbocycles. The second-order valence-corrected chi connectivity index (χ2v) is 5.99. The second kappa shape index (κ2) is 5.39. The van der Waals surface area contributed by atoms with Gasteiger partial charge in [0.2, 0.25) is 0 Å². The molecular weight excluding hydrogens is 268 g/mol. The van der Waals surface area contributed by atoms with Gasteiger partial charge in [0.25, 0.3) is 0 Å². The number of hydrogen-bond donors (Lipinski definition) is 2. The van der Waals surface area contributed by atoms with Crippen molar-refractivity contribution in [1.82, 2.24) is 9.55 Å². The van der Waals surface area contributed by atoms with Gasteiger partial charge < -0.3 is 10.1 Å². The molecule has 1 aliphatic rings. The van der Waals surface area contributed by atoms with Gasteiger partial charge in [-0.2, -0.15) is 0 Å². The third-order valence-corrected chi connectivity index (χ3v) is 4.63. The van der Waals surface area contributed by atoms with Gasteiger partial charge in [-0.25, -0.2) is 9.59 Å². The van der Waals surface area contributed by atoms with Crippen molar-refractivity contribution in [3.63, 3.8) is 0 Å². The highest BCUT2D eigenvalue weighted by atomic mass is 16.4. The Morgan fingerprint density at radius 1 is 1.29 bits per heavy atom. The third-order valence-electron chi connectivity index (χ3n) is 4.63. The zero-order valence-corrected chi connectivity index (χ0v) is 12.1. The normalized spacial score (nSPS) is 23.1. The number of nitrogens with one attached hydrogen (secondary N) is 1. The average molecular weight is 288 g/mol. The molecule has 1 heterocycles. The van der Waals surface area contributed by atoms with Crippen LogP contribution in [0, 0.1) is 5.92 Å². The Hall–Kier alpha value is -2.04. The van der Waals surface area contributed by atoms with Gasteiger partial charge in [-0.3, -0.25) is 4.57 Å². The molecule has 0 radical (unpaired) electrons. The van der Waals surface area contributed by atoms with E-state index in [1.54, 1.807) is 10.6 Å². The van der Waals surface area contributed by atoms with Gasteiger partial charge in [-0.15, -0.1) is 0 Å². The number of fused-ring (bicyclic) bond motifs is 1. The van der Waals surface area contributed by atoms with E-state index in [9.17, 15) is 14.7 Å². The first-order valence-electron chi connectivity index (χ1n) is 7.56. The Balaban J connectivity index is 2.18. The fourth-order valence-corrected chi connectivity index (χ4v) is 3.51. The Kier molecular flexibility index (Phi) is 3.57. The molecule has 2 N–H and O–H groups in total. The van der Waals surface area contributed by atoms with Gasteiger partial charge in [0, 0.05) is 6.04 Å². The highest BCUT2D eigenvalue weighted by Gasteiger charge is 2.25. The standard InChI is InChI=1S/C16H20N2O3/c1-10-6-3-2-4-8-12(10)18-13-9-5-7-11(15(19)20)14(13)17-16(18)21/h5,7,9-10,12H,2-4,6,8H2,1H3,(H,17,21)(H,19,20). The molecule has 2 unspecified atom stereocenters. The summed E-state index contributed by atoms with van der Waals surface area (Å²) in [6.45, 7) is 2.18. The third kappa shape index (κ3) is 2.37. The molecule has 3 rings (SSSR count). The van der Waals surface area contributed by atoms with E-state index in [-0.39, 0.29) is 17.3 Å². The number of aromatic carboxylic acids is 1. The molecule has 2 aromatic rings. The molecular formula is C16H20N2O3. The van der Waals surface area contributed by atoms with Crippen LogP contribution in [0.3, 0.4) is 0 Å². The summed E-state index contributed by atoms with van der Waals surface area (Å²) in [5.41, 5.74) is 1.10. The molecule has 2 atom stereocenters. The number of para-hydroxylation sites is 1. The molecule has 0 aliphatic heterocycles. The van der Waals surface area contributed by atoms with Crippen molar-refractivity contribution in [1.29, 1.82) is 0 Å². The lowest BCUT2D eigenvalue weighted by Gasteiger charge is -2.23. The van der Waals surface area contributed by atoms with Crippen LogP contribution in [-0.2, 0) is 0 Å². The van der Waals surface area contributed by atoms with E-state index in [0.717, 1.165) is 19.3 Å². The zero-order valence-electron chi connectivity index (χ0n) is 12.1. The molecule has 21 heavy (non-hydrogen) atoms. The fraction of sp³-hybridized carbons (Fsp3) is 0.500. The SMILES string of the molecule is CC1CCCCCC1n1c(=O)[nH]c2c(C(=O)O)cccc21. The second-order valence-electron chi connectivity index (χ2n) is 5.99. The van der Waals surface area contributed by atoms with E-state index in [2.05, 4.69) is 11.9 Å². The van der Waals surface area contributed by atoms with Crippen LogP contribution in [0.25, 0.3) is 11.0 Å². The minimum absolute atomic E-state index is 0.151. The van der Waals surface area contributed by atoms with Crippen LogP contribution in [0.1, 0.15) is 55.4 Å². The average Bonchev–Trinajstić information content (AvgIpc) is 2.63. The first-order valence-corrected chi connectivity index (χ1v) is 7.56. The van der Waals surface area contributed by atoms with Crippen molar-refractivity contribution in [2.24, 2.45) is 5.92 Å². The predicted molar refractivity (Wildman–Crippen MR) is 80.8 cm³/mol. The molecule has 5 nitrogen and oxygen atoms in total. The summed E-state index contributed by atoms with van der Waals surface area (Å²) in [5, 5.41) is 9.26. The monoisotopic (exact) mass is 288 g/mol. The van der Waals surface area contributed by atoms with Crippen LogP contribution in [-0.4, -0.2) is 20.6 Å². The fourth-order valence-electron chi connectivity index (χ4n) is 3.51. The van der Waals surface area contributed by atoms with Crippen molar-refractivity contribution in [2.45, 2.75) is 45.1 Å². The van der Waals surface area contributed by atoms with Gasteiger partial charge in [0.1, 0.15) is 0 Å². The lowest BCUT2D eigenvalue weighted by atomic mass is 9.96. The van der Waals surface area contributed by atoms with E-state index in [1.807, 2.05) is 6.07 Å². The van der Waals surface area contributed by atoms with Gasteiger partial charge in [0.05, 0.1) is 16.6 Å². The molecule has 112 valence electrons. The number of aromatic nitrogens is 2. The van der Waals surface area contributed by atoms with Crippen LogP contribution < -0.4 is 5.69 Å². The van der Waals surface area contributed by atoms with Crippen LogP contribution in [0.5, 0.6) is 0 Å². The smallest absolute Gasteiger partial charge is 0.337 e. The van der Waals surface area contributed by atoms with Crippen LogP contribution >= 0.6 is 0 Å². The van der Waals surface area contributed by atoms with E-state index in [0.29, 0.717) is 17.0 Å². The highest BCUT2D eigenvalue weighted by Crippen LogP contribution is 2.33. The number of aromatic amines is 1. The number of hydrogen-bond acceptors (Lipinski definition) is 2. The number of benzene rings is 1. The maximum Gasteiger partial charge on any atom is 0.337 e. The Morgan fingerprint density at radius 2 is 2.05 bits per heavy atom. The maximum absolute atomic E-state index is 12.4. The number of imidazole rings is 1. The van der Waals surface area contributed by atoms with Crippen molar-refractivity contribution in [2.75, 3.05) is 0 Å². The quantitative estimate of drug-likeness (QED) is 0.833. The van der Waals surface area contributed by atoms with Crippen molar-refractivity contribution in [3.05, 3.63) is 34.2 Å². The minimum Gasteiger partial charge on any atom is -0.478 e. The van der Waals surface area contributed by atoms with Gasteiger partial charge in [-0.1, -0.05) is 32.3 Å². The molecule has 1 aromatic heterocycles. The van der Waals surface area contributed by atoms with E-state index >= 15 is 0 Å². The largest absolute Gasteiger partial charge is 0.478 e. The molecule has 1 fully saturated rings. The summed E-state index contributed by atoms with van der Waals surface area (Å²) < 4.78 is 1.78. The molecule has 0 bridgehead atoms. The summed E-state index contributed by atoms with van der Waals surface area (Å²) in [6.07, 6.45) is 5.62. The van der Waals surface area contributed by atoms with Gasteiger partial charge in [-0.05, 0) is 30.9 Å². The molecule has 0 spiro atoms. The molecule has 5 heteroatoms. The van der Waals surface area contributed by atoms with E-state index in [1.165, 1.54) is 18.9 Å². The number of rotatable bonds is 2. The summed E-state index contributed by atoms with van der Waals surface area (Å²) in [4.78, 5) is 26.4. The summed E-state index contributed by atoms with van der Waals surface area (Å²) in [7, 11) is 0. The van der Waals surface area contributed by atoms with Crippen LogP contribution in [0.4, 0.5) is 0 Å². The highest BCUT2D eigenvalue weighted by molar-refractivity contribution is 6.00. The number of H-pyrrole nitrogens is 1. The Morgan fingerprint density at radius 3 is 2.81 bits per heavy atom. The van der Waals surface area contributed by atoms with Crippen LogP contribution in [0.2, 0.25) is 0 Å². The molecule has 0 saturated heterocycles. The first-order chi connectivity index (χ1) is 10.1. The Labute approximate surface area is 122 Å². The topological polar surface area (TPSA) is 75.1 Å². The van der Waals surface area contributed by atoms with Gasteiger partial charge in [0.15, 0.2) is 0 Å². The van der Waals surface area contributed by atoms with E-state index < -0.39 is 5.97 Å². The van der Waals surface area contributed by atoms with Crippen molar-refractivity contribution >= 4 is 17.0 Å². The lowest BCUT2D eigenvalue weighted by molar-refractivity contribution is 0.0699. The van der Waals surface area contributed by atoms with Crippen molar-refractivity contribution in [3.8, 4) is 0 Å². The predicted octanol–water partition coefficient (Wildman–Crippen LogP) is 3.17. The zero-order chi connectivity index (χ0) is 15.0. The van der Waals surface area contributed by atoms with Crippen molar-refractivity contribution < 1.29 is 9.90 Å². The summed E-state index contributed by atoms with van der Waals surface area (Å²) in [5.74, 6) is -0.583.